The number of carbonyl (C=O) groups is 2. The number of aliphatic hydroxyl groups is 1. The van der Waals surface area contributed by atoms with E-state index in [1.807, 2.05) is 12.1 Å². The van der Waals surface area contributed by atoms with Gasteiger partial charge in [-0.1, -0.05) is 31.4 Å². The van der Waals surface area contributed by atoms with Crippen LogP contribution < -0.4 is 10.6 Å². The third kappa shape index (κ3) is 4.30. The van der Waals surface area contributed by atoms with Crippen molar-refractivity contribution in [3.05, 3.63) is 36.2 Å². The van der Waals surface area contributed by atoms with E-state index in [-0.39, 0.29) is 17.6 Å². The summed E-state index contributed by atoms with van der Waals surface area (Å²) in [5.41, 5.74) is 1.40. The van der Waals surface area contributed by atoms with Crippen LogP contribution in [-0.4, -0.2) is 45.6 Å². The fourth-order valence-corrected chi connectivity index (χ4v) is 3.04. The minimum atomic E-state index is -0.998. The minimum Gasteiger partial charge on any atom is -0.394 e. The first-order valence-electron chi connectivity index (χ1n) is 8.61. The first kappa shape index (κ1) is 17.3. The SMILES string of the molecule is O=C(NC(CO)C(=O)NC1CCCCC1)c1cnc2ccccc2n1. The molecule has 3 N–H and O–H groups in total. The normalized spacial score (nSPS) is 16.4. The number of amides is 2. The van der Waals surface area contributed by atoms with E-state index in [0.717, 1.165) is 25.7 Å². The molecule has 2 aromatic rings. The van der Waals surface area contributed by atoms with Gasteiger partial charge in [-0.3, -0.25) is 14.6 Å². The summed E-state index contributed by atoms with van der Waals surface area (Å²) in [5, 5.41) is 14.9. The second-order valence-corrected chi connectivity index (χ2v) is 6.30. The topological polar surface area (TPSA) is 104 Å². The number of fused-ring (bicyclic) bond motifs is 1. The molecule has 1 aliphatic rings. The first-order valence-corrected chi connectivity index (χ1v) is 8.61. The van der Waals surface area contributed by atoms with Gasteiger partial charge in [0.15, 0.2) is 0 Å². The highest BCUT2D eigenvalue weighted by Crippen LogP contribution is 2.17. The standard InChI is InChI=1S/C18H22N4O3/c23-11-16(18(25)20-12-6-2-1-3-7-12)22-17(24)15-10-19-13-8-4-5-9-14(13)21-15/h4-5,8-10,12,16,23H,1-3,6-7,11H2,(H,20,25)(H,22,24). The number of aliphatic hydroxyl groups excluding tert-OH is 1. The molecule has 1 atom stereocenters. The molecule has 0 radical (unpaired) electrons. The number of nitrogens with one attached hydrogen (secondary N) is 2. The zero-order valence-corrected chi connectivity index (χ0v) is 13.9. The van der Waals surface area contributed by atoms with Crippen molar-refractivity contribution in [2.75, 3.05) is 6.61 Å². The first-order chi connectivity index (χ1) is 12.2. The van der Waals surface area contributed by atoms with Crippen molar-refractivity contribution in [1.29, 1.82) is 0 Å². The molecule has 0 saturated heterocycles. The molecule has 1 fully saturated rings. The predicted molar refractivity (Wildman–Crippen MR) is 92.9 cm³/mol. The van der Waals surface area contributed by atoms with Crippen LogP contribution in [0, 0.1) is 0 Å². The quantitative estimate of drug-likeness (QED) is 0.757. The molecule has 1 unspecified atom stereocenters. The average molecular weight is 342 g/mol. The van der Waals surface area contributed by atoms with Gasteiger partial charge < -0.3 is 15.7 Å². The Labute approximate surface area is 145 Å². The smallest absolute Gasteiger partial charge is 0.272 e. The summed E-state index contributed by atoms with van der Waals surface area (Å²) in [5.74, 6) is -0.896. The predicted octanol–water partition coefficient (Wildman–Crippen LogP) is 1.17. The van der Waals surface area contributed by atoms with Gasteiger partial charge in [-0.05, 0) is 25.0 Å². The number of nitrogens with zero attached hydrogens (tertiary/aromatic N) is 2. The molecule has 7 heteroatoms. The second-order valence-electron chi connectivity index (χ2n) is 6.30. The summed E-state index contributed by atoms with van der Waals surface area (Å²) in [6.45, 7) is -0.467. The molecule has 0 aliphatic heterocycles. The maximum absolute atomic E-state index is 12.3. The van der Waals surface area contributed by atoms with Crippen LogP contribution in [0.4, 0.5) is 0 Å². The largest absolute Gasteiger partial charge is 0.394 e. The molecular formula is C18H22N4O3. The minimum absolute atomic E-state index is 0.114. The fourth-order valence-electron chi connectivity index (χ4n) is 3.04. The Morgan fingerprint density at radius 2 is 1.88 bits per heavy atom. The van der Waals surface area contributed by atoms with E-state index in [0.29, 0.717) is 11.0 Å². The van der Waals surface area contributed by atoms with Crippen molar-refractivity contribution >= 4 is 22.8 Å². The Kier molecular flexibility index (Phi) is 5.55. The van der Waals surface area contributed by atoms with E-state index in [4.69, 9.17) is 0 Å². The van der Waals surface area contributed by atoms with Crippen molar-refractivity contribution in [1.82, 2.24) is 20.6 Å². The van der Waals surface area contributed by atoms with Crippen LogP contribution in [0.2, 0.25) is 0 Å². The monoisotopic (exact) mass is 342 g/mol. The van der Waals surface area contributed by atoms with Gasteiger partial charge in [0, 0.05) is 6.04 Å². The number of rotatable bonds is 5. The molecular weight excluding hydrogens is 320 g/mol. The third-order valence-corrected chi connectivity index (χ3v) is 4.44. The van der Waals surface area contributed by atoms with Gasteiger partial charge in [-0.15, -0.1) is 0 Å². The maximum Gasteiger partial charge on any atom is 0.272 e. The van der Waals surface area contributed by atoms with Crippen LogP contribution in [0.1, 0.15) is 42.6 Å². The van der Waals surface area contributed by atoms with Gasteiger partial charge in [0.2, 0.25) is 5.91 Å². The highest BCUT2D eigenvalue weighted by Gasteiger charge is 2.24. The number of para-hydroxylation sites is 2. The summed E-state index contributed by atoms with van der Waals surface area (Å²) in [4.78, 5) is 33.1. The molecule has 3 rings (SSSR count). The zero-order valence-electron chi connectivity index (χ0n) is 13.9. The molecule has 1 saturated carbocycles. The molecule has 1 aromatic heterocycles. The molecule has 1 heterocycles. The molecule has 2 amide bonds. The number of aromatic nitrogens is 2. The van der Waals surface area contributed by atoms with Crippen molar-refractivity contribution in [3.63, 3.8) is 0 Å². The van der Waals surface area contributed by atoms with Gasteiger partial charge >= 0.3 is 0 Å². The highest BCUT2D eigenvalue weighted by atomic mass is 16.3. The van der Waals surface area contributed by atoms with Gasteiger partial charge in [0.05, 0.1) is 23.8 Å². The Hall–Kier alpha value is -2.54. The van der Waals surface area contributed by atoms with Crippen LogP contribution in [0.3, 0.4) is 0 Å². The van der Waals surface area contributed by atoms with Crippen LogP contribution >= 0.6 is 0 Å². The maximum atomic E-state index is 12.3. The van der Waals surface area contributed by atoms with E-state index in [2.05, 4.69) is 20.6 Å². The Morgan fingerprint density at radius 1 is 1.16 bits per heavy atom. The lowest BCUT2D eigenvalue weighted by molar-refractivity contribution is -0.124. The zero-order chi connectivity index (χ0) is 17.6. The van der Waals surface area contributed by atoms with E-state index in [1.165, 1.54) is 12.6 Å². The molecule has 25 heavy (non-hydrogen) atoms. The van der Waals surface area contributed by atoms with Gasteiger partial charge in [-0.25, -0.2) is 4.98 Å². The van der Waals surface area contributed by atoms with Crippen molar-refractivity contribution in [2.24, 2.45) is 0 Å². The van der Waals surface area contributed by atoms with Gasteiger partial charge in [-0.2, -0.15) is 0 Å². The van der Waals surface area contributed by atoms with E-state index >= 15 is 0 Å². The van der Waals surface area contributed by atoms with E-state index in [9.17, 15) is 14.7 Å². The van der Waals surface area contributed by atoms with Crippen LogP contribution in [0.15, 0.2) is 30.5 Å². The number of benzene rings is 1. The van der Waals surface area contributed by atoms with Crippen molar-refractivity contribution < 1.29 is 14.7 Å². The Balaban J connectivity index is 1.64. The number of hydrogen-bond acceptors (Lipinski definition) is 5. The number of hydrogen-bond donors (Lipinski definition) is 3. The van der Waals surface area contributed by atoms with E-state index in [1.54, 1.807) is 12.1 Å². The lowest BCUT2D eigenvalue weighted by Crippen LogP contribution is -2.51. The average Bonchev–Trinajstić information content (AvgIpc) is 2.66. The highest BCUT2D eigenvalue weighted by molar-refractivity contribution is 5.97. The van der Waals surface area contributed by atoms with Crippen LogP contribution in [-0.2, 0) is 4.79 Å². The van der Waals surface area contributed by atoms with Crippen LogP contribution in [0.5, 0.6) is 0 Å². The van der Waals surface area contributed by atoms with Gasteiger partial charge in [0.25, 0.3) is 5.91 Å². The van der Waals surface area contributed by atoms with Gasteiger partial charge in [0.1, 0.15) is 11.7 Å². The lowest BCUT2D eigenvalue weighted by Gasteiger charge is -2.25. The molecule has 132 valence electrons. The number of carbonyl (C=O) groups excluding carboxylic acids is 2. The van der Waals surface area contributed by atoms with Crippen LogP contribution in [0.25, 0.3) is 11.0 Å². The Bertz CT molecular complexity index is 759. The molecule has 1 aromatic carbocycles. The fraction of sp³-hybridized carbons (Fsp3) is 0.444. The lowest BCUT2D eigenvalue weighted by atomic mass is 9.95. The molecule has 0 bridgehead atoms. The molecule has 7 nitrogen and oxygen atoms in total. The molecule has 0 spiro atoms. The summed E-state index contributed by atoms with van der Waals surface area (Å²) >= 11 is 0. The Morgan fingerprint density at radius 3 is 2.60 bits per heavy atom. The van der Waals surface area contributed by atoms with Crippen molar-refractivity contribution in [2.45, 2.75) is 44.2 Å². The second kappa shape index (κ2) is 8.02. The summed E-state index contributed by atoms with van der Waals surface area (Å²) in [6, 6.07) is 6.34. The third-order valence-electron chi connectivity index (χ3n) is 4.44. The molecule has 1 aliphatic carbocycles. The van der Waals surface area contributed by atoms with Crippen molar-refractivity contribution in [3.8, 4) is 0 Å². The summed E-state index contributed by atoms with van der Waals surface area (Å²) in [6.07, 6.45) is 6.61. The summed E-state index contributed by atoms with van der Waals surface area (Å²) < 4.78 is 0. The van der Waals surface area contributed by atoms with E-state index < -0.39 is 18.6 Å². The summed E-state index contributed by atoms with van der Waals surface area (Å²) in [7, 11) is 0.